The highest BCUT2D eigenvalue weighted by atomic mass is 16.7. The van der Waals surface area contributed by atoms with Gasteiger partial charge in [-0.15, -0.1) is 0 Å². The lowest BCUT2D eigenvalue weighted by Crippen LogP contribution is -2.19. The largest absolute Gasteiger partial charge is 0.332 e. The zero-order chi connectivity index (χ0) is 17.4. The minimum atomic E-state index is -0.566. The van der Waals surface area contributed by atoms with E-state index in [9.17, 15) is 9.59 Å². The summed E-state index contributed by atoms with van der Waals surface area (Å²) in [6, 6.07) is 18.1. The van der Waals surface area contributed by atoms with Crippen molar-refractivity contribution in [3.8, 4) is 0 Å². The van der Waals surface area contributed by atoms with Crippen LogP contribution in [-0.4, -0.2) is 23.4 Å². The molecule has 0 N–H and O–H groups in total. The molecule has 0 spiro atoms. The Labute approximate surface area is 139 Å². The fourth-order valence-corrected chi connectivity index (χ4v) is 1.88. The fourth-order valence-electron chi connectivity index (χ4n) is 1.88. The number of benzene rings is 2. The van der Waals surface area contributed by atoms with Crippen molar-refractivity contribution in [3.05, 3.63) is 71.8 Å². The first-order chi connectivity index (χ1) is 11.6. The fraction of sp³-hybridized carbons (Fsp3) is 0.111. The SMILES string of the molecule is CC(=O)O/N=C(/C(=N/OC(C)=O)c1ccccc1)c1ccccc1. The van der Waals surface area contributed by atoms with Crippen molar-refractivity contribution < 1.29 is 19.3 Å². The number of rotatable bonds is 5. The van der Waals surface area contributed by atoms with Gasteiger partial charge in [-0.05, 0) is 0 Å². The molecule has 6 heteroatoms. The summed E-state index contributed by atoms with van der Waals surface area (Å²) in [7, 11) is 0. The lowest BCUT2D eigenvalue weighted by Gasteiger charge is -2.09. The van der Waals surface area contributed by atoms with Crippen molar-refractivity contribution >= 4 is 23.4 Å². The molecule has 122 valence electrons. The van der Waals surface area contributed by atoms with Gasteiger partial charge >= 0.3 is 11.9 Å². The van der Waals surface area contributed by atoms with Crippen LogP contribution in [0.25, 0.3) is 0 Å². The highest BCUT2D eigenvalue weighted by Crippen LogP contribution is 2.11. The second-order valence-electron chi connectivity index (χ2n) is 4.78. The third-order valence-corrected chi connectivity index (χ3v) is 2.85. The van der Waals surface area contributed by atoms with E-state index < -0.39 is 11.9 Å². The molecule has 0 unspecified atom stereocenters. The Kier molecular flexibility index (Phi) is 5.96. The third kappa shape index (κ3) is 4.88. The van der Waals surface area contributed by atoms with Gasteiger partial charge in [0.15, 0.2) is 0 Å². The number of nitrogens with zero attached hydrogens (tertiary/aromatic N) is 2. The highest BCUT2D eigenvalue weighted by molar-refractivity contribution is 6.53. The Balaban J connectivity index is 2.56. The molecule has 0 heterocycles. The van der Waals surface area contributed by atoms with Gasteiger partial charge in [0.2, 0.25) is 0 Å². The lowest BCUT2D eigenvalue weighted by atomic mass is 10.00. The molecule has 2 aromatic carbocycles. The molecule has 0 aliphatic carbocycles. The maximum atomic E-state index is 11.2. The van der Waals surface area contributed by atoms with Crippen LogP contribution in [0.3, 0.4) is 0 Å². The van der Waals surface area contributed by atoms with E-state index in [1.54, 1.807) is 24.3 Å². The van der Waals surface area contributed by atoms with Gasteiger partial charge in [-0.1, -0.05) is 71.0 Å². The molecular formula is C18H16N2O4. The molecule has 0 aliphatic rings. The summed E-state index contributed by atoms with van der Waals surface area (Å²) in [6.07, 6.45) is 0. The number of hydrogen-bond acceptors (Lipinski definition) is 6. The second-order valence-corrected chi connectivity index (χ2v) is 4.78. The zero-order valence-electron chi connectivity index (χ0n) is 13.3. The van der Waals surface area contributed by atoms with Gasteiger partial charge in [0.25, 0.3) is 0 Å². The molecule has 0 amide bonds. The van der Waals surface area contributed by atoms with Gasteiger partial charge in [-0.2, -0.15) is 0 Å². The molecular weight excluding hydrogens is 308 g/mol. The van der Waals surface area contributed by atoms with E-state index in [2.05, 4.69) is 10.3 Å². The van der Waals surface area contributed by atoms with Gasteiger partial charge in [0.05, 0.1) is 0 Å². The van der Waals surface area contributed by atoms with E-state index in [0.717, 1.165) is 0 Å². The molecule has 6 nitrogen and oxygen atoms in total. The molecule has 2 aromatic rings. The van der Waals surface area contributed by atoms with Crippen molar-refractivity contribution in [2.45, 2.75) is 13.8 Å². The predicted octanol–water partition coefficient (Wildman–Crippen LogP) is 2.92. The Bertz CT molecular complexity index is 701. The van der Waals surface area contributed by atoms with Crippen molar-refractivity contribution in [2.24, 2.45) is 10.3 Å². The molecule has 24 heavy (non-hydrogen) atoms. The summed E-state index contributed by atoms with van der Waals surface area (Å²) in [5.74, 6) is -1.13. The molecule has 0 bridgehead atoms. The summed E-state index contributed by atoms with van der Waals surface area (Å²) < 4.78 is 0. The van der Waals surface area contributed by atoms with Crippen LogP contribution in [-0.2, 0) is 19.3 Å². The predicted molar refractivity (Wildman–Crippen MR) is 89.5 cm³/mol. The maximum Gasteiger partial charge on any atom is 0.332 e. The van der Waals surface area contributed by atoms with E-state index in [0.29, 0.717) is 11.1 Å². The van der Waals surface area contributed by atoms with Gasteiger partial charge in [-0.3, -0.25) is 0 Å². The number of carbonyl (C=O) groups excluding carboxylic acids is 2. The van der Waals surface area contributed by atoms with E-state index in [4.69, 9.17) is 9.68 Å². The summed E-state index contributed by atoms with van der Waals surface area (Å²) in [5, 5.41) is 7.79. The Hall–Kier alpha value is -3.28. The van der Waals surface area contributed by atoms with Crippen molar-refractivity contribution in [2.75, 3.05) is 0 Å². The summed E-state index contributed by atoms with van der Waals surface area (Å²) in [6.45, 7) is 2.50. The van der Waals surface area contributed by atoms with Crippen LogP contribution in [0.5, 0.6) is 0 Å². The van der Waals surface area contributed by atoms with E-state index >= 15 is 0 Å². The van der Waals surface area contributed by atoms with Gasteiger partial charge in [0, 0.05) is 25.0 Å². The van der Waals surface area contributed by atoms with Crippen molar-refractivity contribution in [1.82, 2.24) is 0 Å². The molecule has 0 aliphatic heterocycles. The normalized spacial score (nSPS) is 11.8. The Morgan fingerprint density at radius 1 is 0.667 bits per heavy atom. The highest BCUT2D eigenvalue weighted by Gasteiger charge is 2.17. The number of hydrogen-bond donors (Lipinski definition) is 0. The van der Waals surface area contributed by atoms with Gasteiger partial charge in [-0.25, -0.2) is 9.59 Å². The molecule has 0 aromatic heterocycles. The molecule has 0 atom stereocenters. The molecule has 0 radical (unpaired) electrons. The minimum Gasteiger partial charge on any atom is -0.318 e. The summed E-state index contributed by atoms with van der Waals surface area (Å²) in [5.41, 5.74) is 1.87. The summed E-state index contributed by atoms with van der Waals surface area (Å²) >= 11 is 0. The first-order valence-corrected chi connectivity index (χ1v) is 7.20. The van der Waals surface area contributed by atoms with Crippen LogP contribution >= 0.6 is 0 Å². The molecule has 2 rings (SSSR count). The zero-order valence-corrected chi connectivity index (χ0v) is 13.3. The van der Waals surface area contributed by atoms with E-state index in [1.807, 2.05) is 36.4 Å². The average Bonchev–Trinajstić information content (AvgIpc) is 2.59. The van der Waals surface area contributed by atoms with Crippen LogP contribution < -0.4 is 0 Å². The standard InChI is InChI=1S/C18H16N2O4/c1-13(21)23-19-17(15-9-5-3-6-10-15)18(20-24-14(2)22)16-11-7-4-8-12-16/h3-12H,1-2H3/b19-17+,20-18+. The Morgan fingerprint density at radius 3 is 1.29 bits per heavy atom. The van der Waals surface area contributed by atoms with E-state index in [1.165, 1.54) is 13.8 Å². The molecule has 0 saturated carbocycles. The van der Waals surface area contributed by atoms with Gasteiger partial charge in [0.1, 0.15) is 11.4 Å². The monoisotopic (exact) mass is 324 g/mol. The third-order valence-electron chi connectivity index (χ3n) is 2.85. The molecule has 0 fully saturated rings. The quantitative estimate of drug-likeness (QED) is 0.481. The number of oxime groups is 2. The van der Waals surface area contributed by atoms with Crippen LogP contribution in [0.15, 0.2) is 71.0 Å². The van der Waals surface area contributed by atoms with Crippen LogP contribution in [0.1, 0.15) is 25.0 Å². The maximum absolute atomic E-state index is 11.2. The smallest absolute Gasteiger partial charge is 0.318 e. The first kappa shape index (κ1) is 17.1. The number of carbonyl (C=O) groups is 2. The Morgan fingerprint density at radius 2 is 1.00 bits per heavy atom. The topological polar surface area (TPSA) is 77.3 Å². The van der Waals surface area contributed by atoms with Crippen LogP contribution in [0.4, 0.5) is 0 Å². The summed E-state index contributed by atoms with van der Waals surface area (Å²) in [4.78, 5) is 31.9. The molecule has 0 saturated heterocycles. The average molecular weight is 324 g/mol. The lowest BCUT2D eigenvalue weighted by molar-refractivity contribution is -0.142. The first-order valence-electron chi connectivity index (χ1n) is 7.20. The van der Waals surface area contributed by atoms with E-state index in [-0.39, 0.29) is 11.4 Å². The minimum absolute atomic E-state index is 0.276. The van der Waals surface area contributed by atoms with Crippen LogP contribution in [0.2, 0.25) is 0 Å². The van der Waals surface area contributed by atoms with Gasteiger partial charge < -0.3 is 9.68 Å². The van der Waals surface area contributed by atoms with Crippen LogP contribution in [0, 0.1) is 0 Å². The second kappa shape index (κ2) is 8.38. The van der Waals surface area contributed by atoms with Crippen molar-refractivity contribution in [3.63, 3.8) is 0 Å². The van der Waals surface area contributed by atoms with Crippen molar-refractivity contribution in [1.29, 1.82) is 0 Å².